The predicted molar refractivity (Wildman–Crippen MR) is 93.0 cm³/mol. The zero-order valence-electron chi connectivity index (χ0n) is 14.1. The summed E-state index contributed by atoms with van der Waals surface area (Å²) < 4.78 is 0. The lowest BCUT2D eigenvalue weighted by Crippen LogP contribution is -2.38. The molecule has 0 saturated carbocycles. The van der Waals surface area contributed by atoms with Crippen LogP contribution >= 0.6 is 0 Å². The van der Waals surface area contributed by atoms with Crippen molar-refractivity contribution in [2.24, 2.45) is 0 Å². The first-order valence-corrected chi connectivity index (χ1v) is 8.38. The molecule has 1 fully saturated rings. The molecular weight excluding hydrogens is 288 g/mol. The van der Waals surface area contributed by atoms with Gasteiger partial charge in [-0.3, -0.25) is 14.5 Å². The summed E-state index contributed by atoms with van der Waals surface area (Å²) in [6.07, 6.45) is 3.66. The lowest BCUT2D eigenvalue weighted by Gasteiger charge is -2.33. The molecule has 1 atom stereocenters. The molecule has 2 aromatic rings. The van der Waals surface area contributed by atoms with Crippen LogP contribution < -0.4 is 5.43 Å². The first-order chi connectivity index (χ1) is 11.0. The number of rotatable bonds is 3. The highest BCUT2D eigenvalue weighted by molar-refractivity contribution is 5.97. The number of aryl methyl sites for hydroxylation is 1. The van der Waals surface area contributed by atoms with Crippen molar-refractivity contribution in [1.82, 2.24) is 9.88 Å². The van der Waals surface area contributed by atoms with E-state index in [1.807, 2.05) is 13.0 Å². The van der Waals surface area contributed by atoms with E-state index < -0.39 is 0 Å². The molecule has 4 heteroatoms. The molecule has 1 aromatic heterocycles. The summed E-state index contributed by atoms with van der Waals surface area (Å²) >= 11 is 0. The molecule has 1 aliphatic heterocycles. The van der Waals surface area contributed by atoms with Gasteiger partial charge in [-0.05, 0) is 58.4 Å². The molecule has 0 bridgehead atoms. The van der Waals surface area contributed by atoms with Gasteiger partial charge in [-0.15, -0.1) is 0 Å². The van der Waals surface area contributed by atoms with Crippen LogP contribution in [0.15, 0.2) is 23.0 Å². The number of nitrogens with one attached hydrogen (secondary N) is 1. The second-order valence-electron chi connectivity index (χ2n) is 6.69. The van der Waals surface area contributed by atoms with Gasteiger partial charge in [0.15, 0.2) is 11.2 Å². The van der Waals surface area contributed by atoms with Gasteiger partial charge >= 0.3 is 0 Å². The lowest BCUT2D eigenvalue weighted by atomic mass is 10.0. The fourth-order valence-electron chi connectivity index (χ4n) is 3.46. The van der Waals surface area contributed by atoms with E-state index in [-0.39, 0.29) is 11.2 Å². The second kappa shape index (κ2) is 6.28. The maximum absolute atomic E-state index is 12.9. The Balaban J connectivity index is 2.05. The standard InChI is InChI=1S/C19H24N2O2/c1-12-6-4-5-9-21(12)11-17-13(2)20-18-8-7-15(14(3)22)10-16(18)19(17)23/h7-8,10,12H,4-6,9,11H2,1-3H3,(H,20,23). The first kappa shape index (κ1) is 15.9. The summed E-state index contributed by atoms with van der Waals surface area (Å²) in [6, 6.07) is 5.83. The molecule has 1 aliphatic rings. The number of pyridine rings is 1. The van der Waals surface area contributed by atoms with Gasteiger partial charge in [0.2, 0.25) is 0 Å². The summed E-state index contributed by atoms with van der Waals surface area (Å²) in [4.78, 5) is 30.3. The Morgan fingerprint density at radius 2 is 2.13 bits per heavy atom. The van der Waals surface area contributed by atoms with Gasteiger partial charge in [0.1, 0.15) is 0 Å². The maximum Gasteiger partial charge on any atom is 0.194 e. The molecule has 2 heterocycles. The van der Waals surface area contributed by atoms with E-state index in [4.69, 9.17) is 0 Å². The fraction of sp³-hybridized carbons (Fsp3) is 0.474. The average molecular weight is 312 g/mol. The normalized spacial score (nSPS) is 19.2. The molecular formula is C19H24N2O2. The number of piperidine rings is 1. The number of ketones is 1. The van der Waals surface area contributed by atoms with E-state index in [9.17, 15) is 9.59 Å². The maximum atomic E-state index is 12.9. The van der Waals surface area contributed by atoms with E-state index in [0.29, 0.717) is 23.5 Å². The van der Waals surface area contributed by atoms with Crippen LogP contribution in [-0.2, 0) is 6.54 Å². The number of carbonyl (C=O) groups excluding carboxylic acids is 1. The van der Waals surface area contributed by atoms with Crippen LogP contribution in [0.4, 0.5) is 0 Å². The molecule has 4 nitrogen and oxygen atoms in total. The minimum absolute atomic E-state index is 0.0157. The minimum atomic E-state index is -0.0157. The van der Waals surface area contributed by atoms with E-state index in [0.717, 1.165) is 23.3 Å². The number of Topliss-reactive ketones (excluding diaryl/α,β-unsaturated/α-hetero) is 1. The van der Waals surface area contributed by atoms with Crippen molar-refractivity contribution >= 4 is 16.7 Å². The van der Waals surface area contributed by atoms with Crippen molar-refractivity contribution in [3.05, 3.63) is 45.2 Å². The molecule has 3 rings (SSSR count). The Hall–Kier alpha value is -1.94. The lowest BCUT2D eigenvalue weighted by molar-refractivity contribution is 0.101. The topological polar surface area (TPSA) is 53.2 Å². The summed E-state index contributed by atoms with van der Waals surface area (Å²) in [5.74, 6) is -0.0157. The summed E-state index contributed by atoms with van der Waals surface area (Å²) in [5, 5.41) is 0.614. The Bertz CT molecular complexity index is 807. The number of carbonyl (C=O) groups is 1. The molecule has 122 valence electrons. The Kier molecular flexibility index (Phi) is 4.35. The van der Waals surface area contributed by atoms with Crippen LogP contribution in [-0.4, -0.2) is 28.3 Å². The van der Waals surface area contributed by atoms with Crippen molar-refractivity contribution in [1.29, 1.82) is 0 Å². The third-order valence-corrected chi connectivity index (χ3v) is 5.02. The molecule has 23 heavy (non-hydrogen) atoms. The molecule has 1 N–H and O–H groups in total. The average Bonchev–Trinajstić information content (AvgIpc) is 2.52. The number of aromatic amines is 1. The number of benzene rings is 1. The van der Waals surface area contributed by atoms with Crippen LogP contribution in [0, 0.1) is 6.92 Å². The molecule has 0 spiro atoms. The number of H-pyrrole nitrogens is 1. The molecule has 0 radical (unpaired) electrons. The zero-order chi connectivity index (χ0) is 16.6. The highest BCUT2D eigenvalue weighted by Gasteiger charge is 2.21. The first-order valence-electron chi connectivity index (χ1n) is 8.38. The number of hydrogen-bond donors (Lipinski definition) is 1. The summed E-state index contributed by atoms with van der Waals surface area (Å²) in [6.45, 7) is 7.45. The van der Waals surface area contributed by atoms with Gasteiger partial charge in [0.25, 0.3) is 0 Å². The van der Waals surface area contributed by atoms with Crippen LogP contribution in [0.1, 0.15) is 54.7 Å². The summed E-state index contributed by atoms with van der Waals surface area (Å²) in [5.41, 5.74) is 3.19. The number of hydrogen-bond acceptors (Lipinski definition) is 3. The van der Waals surface area contributed by atoms with Crippen LogP contribution in [0.5, 0.6) is 0 Å². The smallest absolute Gasteiger partial charge is 0.194 e. The summed E-state index contributed by atoms with van der Waals surface area (Å²) in [7, 11) is 0. The largest absolute Gasteiger partial charge is 0.358 e. The van der Waals surface area contributed by atoms with E-state index in [2.05, 4.69) is 16.8 Å². The highest BCUT2D eigenvalue weighted by atomic mass is 16.1. The molecule has 1 unspecified atom stereocenters. The van der Waals surface area contributed by atoms with Gasteiger partial charge in [0, 0.05) is 40.3 Å². The molecule has 1 aromatic carbocycles. The minimum Gasteiger partial charge on any atom is -0.358 e. The number of likely N-dealkylation sites (tertiary alicyclic amines) is 1. The Morgan fingerprint density at radius 1 is 1.35 bits per heavy atom. The van der Waals surface area contributed by atoms with Crippen LogP contribution in [0.3, 0.4) is 0 Å². The fourth-order valence-corrected chi connectivity index (χ4v) is 3.46. The molecule has 1 saturated heterocycles. The number of fused-ring (bicyclic) bond motifs is 1. The predicted octanol–water partition coefficient (Wildman–Crippen LogP) is 3.41. The number of nitrogens with zero attached hydrogens (tertiary/aromatic N) is 1. The van der Waals surface area contributed by atoms with Gasteiger partial charge in [0.05, 0.1) is 0 Å². The van der Waals surface area contributed by atoms with Gasteiger partial charge in [-0.2, -0.15) is 0 Å². The van der Waals surface area contributed by atoms with Gasteiger partial charge in [-0.25, -0.2) is 0 Å². The van der Waals surface area contributed by atoms with Crippen molar-refractivity contribution in [3.63, 3.8) is 0 Å². The SMILES string of the molecule is CC(=O)c1ccc2[nH]c(C)c(CN3CCCCC3C)c(=O)c2c1. The van der Waals surface area contributed by atoms with E-state index in [1.54, 1.807) is 12.1 Å². The Labute approximate surface area is 136 Å². The second-order valence-corrected chi connectivity index (χ2v) is 6.69. The van der Waals surface area contributed by atoms with Crippen molar-refractivity contribution < 1.29 is 4.79 Å². The zero-order valence-corrected chi connectivity index (χ0v) is 14.1. The van der Waals surface area contributed by atoms with Crippen LogP contribution in [0.2, 0.25) is 0 Å². The van der Waals surface area contributed by atoms with E-state index >= 15 is 0 Å². The van der Waals surface area contributed by atoms with Crippen molar-refractivity contribution in [3.8, 4) is 0 Å². The molecule has 0 aliphatic carbocycles. The van der Waals surface area contributed by atoms with Crippen LogP contribution in [0.25, 0.3) is 10.9 Å². The molecule has 0 amide bonds. The quantitative estimate of drug-likeness (QED) is 0.884. The number of aromatic nitrogens is 1. The Morgan fingerprint density at radius 3 is 2.83 bits per heavy atom. The third kappa shape index (κ3) is 3.08. The van der Waals surface area contributed by atoms with E-state index in [1.165, 1.54) is 26.2 Å². The highest BCUT2D eigenvalue weighted by Crippen LogP contribution is 2.20. The van der Waals surface area contributed by atoms with Gasteiger partial charge in [-0.1, -0.05) is 6.42 Å². The van der Waals surface area contributed by atoms with Crippen molar-refractivity contribution in [2.45, 2.75) is 52.6 Å². The van der Waals surface area contributed by atoms with Gasteiger partial charge < -0.3 is 4.98 Å². The third-order valence-electron chi connectivity index (χ3n) is 5.02. The monoisotopic (exact) mass is 312 g/mol. The van der Waals surface area contributed by atoms with Crippen molar-refractivity contribution in [2.75, 3.05) is 6.54 Å².